The first kappa shape index (κ1) is 19.1. The van der Waals surface area contributed by atoms with Crippen molar-refractivity contribution in [2.24, 2.45) is 0 Å². The number of likely N-dealkylation sites (tertiary alicyclic amines) is 1. The van der Waals surface area contributed by atoms with Gasteiger partial charge in [0.25, 0.3) is 11.1 Å². The van der Waals surface area contributed by atoms with Gasteiger partial charge in [0, 0.05) is 13.1 Å². The molecule has 0 aromatic heterocycles. The number of benzene rings is 1. The lowest BCUT2D eigenvalue weighted by atomic mass is 10.1. The van der Waals surface area contributed by atoms with Crippen molar-refractivity contribution >= 4 is 34.9 Å². The topological polar surface area (TPSA) is 96.4 Å². The quantitative estimate of drug-likeness (QED) is 0.766. The molecule has 2 fully saturated rings. The number of thioether (sulfide) groups is 1. The molecule has 2 aliphatic heterocycles. The molecule has 1 N–H and O–H groups in total. The Morgan fingerprint density at radius 2 is 1.78 bits per heavy atom. The molecule has 3 amide bonds. The van der Waals surface area contributed by atoms with Crippen LogP contribution in [-0.4, -0.2) is 65.8 Å². The van der Waals surface area contributed by atoms with Crippen LogP contribution >= 0.6 is 11.8 Å². The van der Waals surface area contributed by atoms with Gasteiger partial charge in [-0.2, -0.15) is 0 Å². The zero-order valence-electron chi connectivity index (χ0n) is 15.1. The molecule has 2 heterocycles. The van der Waals surface area contributed by atoms with Crippen LogP contribution in [0.1, 0.15) is 18.4 Å². The Morgan fingerprint density at radius 1 is 1.19 bits per heavy atom. The van der Waals surface area contributed by atoms with Gasteiger partial charge in [0.15, 0.2) is 11.5 Å². The van der Waals surface area contributed by atoms with Crippen LogP contribution in [-0.2, 0) is 9.59 Å². The number of hydrogen-bond acceptors (Lipinski definition) is 7. The summed E-state index contributed by atoms with van der Waals surface area (Å²) < 4.78 is 10.2. The van der Waals surface area contributed by atoms with Gasteiger partial charge < -0.3 is 19.5 Å². The molecular weight excluding hydrogens is 372 g/mol. The fourth-order valence-electron chi connectivity index (χ4n) is 2.99. The van der Waals surface area contributed by atoms with E-state index in [0.717, 1.165) is 29.5 Å². The zero-order valence-corrected chi connectivity index (χ0v) is 15.9. The molecule has 2 saturated heterocycles. The van der Waals surface area contributed by atoms with Gasteiger partial charge in [-0.1, -0.05) is 0 Å². The molecular formula is C18H20N2O6S. The molecule has 0 aliphatic carbocycles. The Morgan fingerprint density at radius 3 is 2.33 bits per heavy atom. The highest BCUT2D eigenvalue weighted by Gasteiger charge is 2.37. The number of ether oxygens (including phenoxy) is 2. The Bertz CT molecular complexity index is 791. The van der Waals surface area contributed by atoms with Crippen molar-refractivity contribution < 1.29 is 29.0 Å². The van der Waals surface area contributed by atoms with Gasteiger partial charge in [0.05, 0.1) is 19.1 Å². The van der Waals surface area contributed by atoms with Crippen molar-refractivity contribution in [3.63, 3.8) is 0 Å². The summed E-state index contributed by atoms with van der Waals surface area (Å²) in [6.07, 6.45) is 3.39. The molecule has 1 aromatic rings. The molecule has 0 bridgehead atoms. The molecule has 0 saturated carbocycles. The standard InChI is InChI=1S/C18H20N2O6S/c1-25-12-7-11(8-13(26-2)16(12)22)9-14-17(23)20(18(24)27-14)10-15(21)19-5-3-4-6-19/h7-9,22H,3-6,10H2,1-2H3/b14-9-. The Balaban J connectivity index is 1.80. The predicted molar refractivity (Wildman–Crippen MR) is 99.7 cm³/mol. The maximum Gasteiger partial charge on any atom is 0.294 e. The van der Waals surface area contributed by atoms with Crippen LogP contribution in [0.4, 0.5) is 4.79 Å². The van der Waals surface area contributed by atoms with Gasteiger partial charge in [-0.15, -0.1) is 0 Å². The highest BCUT2D eigenvalue weighted by Crippen LogP contribution is 2.39. The van der Waals surface area contributed by atoms with Crippen LogP contribution in [0.2, 0.25) is 0 Å². The summed E-state index contributed by atoms with van der Waals surface area (Å²) in [5, 5.41) is 9.49. The summed E-state index contributed by atoms with van der Waals surface area (Å²) in [6.45, 7) is 1.08. The third-order valence-corrected chi connectivity index (χ3v) is 5.33. The van der Waals surface area contributed by atoms with E-state index in [1.165, 1.54) is 32.4 Å². The van der Waals surface area contributed by atoms with Crippen LogP contribution < -0.4 is 9.47 Å². The molecule has 8 nitrogen and oxygen atoms in total. The van der Waals surface area contributed by atoms with Crippen LogP contribution in [0.25, 0.3) is 6.08 Å². The zero-order chi connectivity index (χ0) is 19.6. The molecule has 144 valence electrons. The van der Waals surface area contributed by atoms with Crippen molar-refractivity contribution in [1.29, 1.82) is 0 Å². The second-order valence-corrected chi connectivity index (χ2v) is 7.12. The Labute approximate surface area is 160 Å². The first-order valence-electron chi connectivity index (χ1n) is 8.42. The van der Waals surface area contributed by atoms with Crippen molar-refractivity contribution in [2.75, 3.05) is 33.9 Å². The van der Waals surface area contributed by atoms with Gasteiger partial charge >= 0.3 is 0 Å². The number of hydrogen-bond donors (Lipinski definition) is 1. The third kappa shape index (κ3) is 3.87. The van der Waals surface area contributed by atoms with Gasteiger partial charge in [-0.05, 0) is 48.4 Å². The smallest absolute Gasteiger partial charge is 0.294 e. The predicted octanol–water partition coefficient (Wildman–Crippen LogP) is 2.07. The number of imide groups is 1. The molecule has 2 aliphatic rings. The number of rotatable bonds is 5. The minimum atomic E-state index is -0.511. The van der Waals surface area contributed by atoms with E-state index in [4.69, 9.17) is 9.47 Å². The Hall–Kier alpha value is -2.68. The van der Waals surface area contributed by atoms with E-state index < -0.39 is 11.1 Å². The lowest BCUT2D eigenvalue weighted by molar-refractivity contribution is -0.135. The maximum atomic E-state index is 12.6. The van der Waals surface area contributed by atoms with E-state index in [2.05, 4.69) is 0 Å². The largest absolute Gasteiger partial charge is 0.502 e. The molecule has 0 atom stereocenters. The molecule has 1 aromatic carbocycles. The number of amides is 3. The van der Waals surface area contributed by atoms with E-state index in [-0.39, 0.29) is 34.6 Å². The van der Waals surface area contributed by atoms with Crippen molar-refractivity contribution in [2.45, 2.75) is 12.8 Å². The number of carbonyl (C=O) groups is 3. The summed E-state index contributed by atoms with van der Waals surface area (Å²) >= 11 is 0.776. The minimum Gasteiger partial charge on any atom is -0.502 e. The summed E-state index contributed by atoms with van der Waals surface area (Å²) in [5.41, 5.74) is 0.526. The van der Waals surface area contributed by atoms with Gasteiger partial charge in [0.2, 0.25) is 11.7 Å². The molecule has 9 heteroatoms. The Kier molecular flexibility index (Phi) is 5.59. The van der Waals surface area contributed by atoms with Crippen molar-refractivity contribution in [3.8, 4) is 17.2 Å². The normalized spacial score (nSPS) is 18.5. The van der Waals surface area contributed by atoms with E-state index >= 15 is 0 Å². The van der Waals surface area contributed by atoms with Gasteiger partial charge in [0.1, 0.15) is 6.54 Å². The number of carbonyl (C=O) groups excluding carboxylic acids is 3. The number of phenolic OH excluding ortho intramolecular Hbond substituents is 1. The molecule has 0 spiro atoms. The number of methoxy groups -OCH3 is 2. The fourth-order valence-corrected chi connectivity index (χ4v) is 3.82. The lowest BCUT2D eigenvalue weighted by Crippen LogP contribution is -2.40. The van der Waals surface area contributed by atoms with Crippen molar-refractivity contribution in [1.82, 2.24) is 9.80 Å². The van der Waals surface area contributed by atoms with Crippen LogP contribution in [0.15, 0.2) is 17.0 Å². The second kappa shape index (κ2) is 7.91. The fraction of sp³-hybridized carbons (Fsp3) is 0.389. The SMILES string of the molecule is COc1cc(/C=C2\SC(=O)N(CC(=O)N3CCCC3)C2=O)cc(OC)c1O. The van der Waals surface area contributed by atoms with Crippen molar-refractivity contribution in [3.05, 3.63) is 22.6 Å². The van der Waals surface area contributed by atoms with Gasteiger partial charge in [-0.25, -0.2) is 0 Å². The van der Waals surface area contributed by atoms with Crippen LogP contribution in [0, 0.1) is 0 Å². The first-order chi connectivity index (χ1) is 12.9. The minimum absolute atomic E-state index is 0.151. The monoisotopic (exact) mass is 392 g/mol. The van der Waals surface area contributed by atoms with E-state index in [9.17, 15) is 19.5 Å². The summed E-state index contributed by atoms with van der Waals surface area (Å²) in [4.78, 5) is 39.9. The maximum absolute atomic E-state index is 12.6. The molecule has 27 heavy (non-hydrogen) atoms. The molecule has 0 radical (unpaired) electrons. The second-order valence-electron chi connectivity index (χ2n) is 6.13. The van der Waals surface area contributed by atoms with E-state index in [1.54, 1.807) is 4.90 Å². The molecule has 3 rings (SSSR count). The average molecular weight is 392 g/mol. The van der Waals surface area contributed by atoms with E-state index in [1.807, 2.05) is 0 Å². The van der Waals surface area contributed by atoms with E-state index in [0.29, 0.717) is 18.7 Å². The van der Waals surface area contributed by atoms with Crippen LogP contribution in [0.5, 0.6) is 17.2 Å². The van der Waals surface area contributed by atoms with Gasteiger partial charge in [-0.3, -0.25) is 19.3 Å². The third-order valence-electron chi connectivity index (χ3n) is 4.43. The highest BCUT2D eigenvalue weighted by molar-refractivity contribution is 8.18. The summed E-state index contributed by atoms with van der Waals surface area (Å²) in [7, 11) is 2.80. The summed E-state index contributed by atoms with van der Waals surface area (Å²) in [5.74, 6) is -0.512. The lowest BCUT2D eigenvalue weighted by Gasteiger charge is -2.18. The highest BCUT2D eigenvalue weighted by atomic mass is 32.2. The number of phenols is 1. The first-order valence-corrected chi connectivity index (χ1v) is 9.24. The molecule has 0 unspecified atom stereocenters. The number of nitrogens with zero attached hydrogens (tertiary/aromatic N) is 2. The average Bonchev–Trinajstić information content (AvgIpc) is 3.28. The van der Waals surface area contributed by atoms with Crippen LogP contribution in [0.3, 0.4) is 0 Å². The summed E-state index contributed by atoms with van der Waals surface area (Å²) in [6, 6.07) is 3.06. The number of aromatic hydroxyl groups is 1.